The van der Waals surface area contributed by atoms with Crippen LogP contribution in [0.1, 0.15) is 43.1 Å². The average molecular weight is 283 g/mol. The van der Waals surface area contributed by atoms with Crippen LogP contribution in [-0.2, 0) is 6.54 Å². The van der Waals surface area contributed by atoms with Crippen molar-refractivity contribution in [1.82, 2.24) is 14.9 Å². The maximum Gasteiger partial charge on any atom is 0.268 e. The molecule has 4 nitrogen and oxygen atoms in total. The van der Waals surface area contributed by atoms with E-state index < -0.39 is 0 Å². The summed E-state index contributed by atoms with van der Waals surface area (Å²) in [4.78, 5) is 16.5. The number of hydrogen-bond acceptors (Lipinski definition) is 2. The van der Waals surface area contributed by atoms with Crippen LogP contribution in [0.25, 0.3) is 11.1 Å². The molecule has 0 unspecified atom stereocenters. The fourth-order valence-corrected chi connectivity index (χ4v) is 2.99. The van der Waals surface area contributed by atoms with Crippen LogP contribution in [0.5, 0.6) is 0 Å². The second-order valence-electron chi connectivity index (χ2n) is 5.59. The molecule has 2 heterocycles. The van der Waals surface area contributed by atoms with E-state index in [1.165, 1.54) is 12.8 Å². The number of carbonyl (C=O) groups is 1. The summed E-state index contributed by atoms with van der Waals surface area (Å²) < 4.78 is 2.01. The fraction of sp³-hybridized carbons (Fsp3) is 0.412. The van der Waals surface area contributed by atoms with Gasteiger partial charge in [-0.25, -0.2) is 0 Å². The number of hydrogen-bond donors (Lipinski definition) is 1. The van der Waals surface area contributed by atoms with E-state index in [2.05, 4.69) is 17.2 Å². The molecule has 21 heavy (non-hydrogen) atoms. The topological polar surface area (TPSA) is 46.9 Å². The smallest absolute Gasteiger partial charge is 0.268 e. The molecule has 0 atom stereocenters. The van der Waals surface area contributed by atoms with Gasteiger partial charge < -0.3 is 9.88 Å². The van der Waals surface area contributed by atoms with Gasteiger partial charge in [-0.1, -0.05) is 12.8 Å². The Morgan fingerprint density at radius 3 is 2.67 bits per heavy atom. The maximum absolute atomic E-state index is 12.5. The van der Waals surface area contributed by atoms with Crippen molar-refractivity contribution in [3.05, 3.63) is 42.5 Å². The van der Waals surface area contributed by atoms with Gasteiger partial charge in [0, 0.05) is 36.7 Å². The second-order valence-corrected chi connectivity index (χ2v) is 5.59. The molecule has 1 N–H and O–H groups in total. The molecule has 0 aromatic carbocycles. The molecule has 0 saturated heterocycles. The quantitative estimate of drug-likeness (QED) is 0.936. The molecule has 2 aromatic rings. The summed E-state index contributed by atoms with van der Waals surface area (Å²) in [7, 11) is 0. The van der Waals surface area contributed by atoms with Gasteiger partial charge >= 0.3 is 0 Å². The number of rotatable bonds is 4. The molecule has 0 aliphatic heterocycles. The lowest BCUT2D eigenvalue weighted by Gasteiger charge is -2.12. The van der Waals surface area contributed by atoms with E-state index in [9.17, 15) is 4.79 Å². The molecule has 1 aliphatic rings. The van der Waals surface area contributed by atoms with Crippen LogP contribution < -0.4 is 5.32 Å². The Kier molecular flexibility index (Phi) is 4.04. The van der Waals surface area contributed by atoms with Gasteiger partial charge in [0.1, 0.15) is 5.69 Å². The molecule has 1 aliphatic carbocycles. The van der Waals surface area contributed by atoms with Crippen LogP contribution in [0.3, 0.4) is 0 Å². The molecule has 1 fully saturated rings. The Balaban J connectivity index is 1.84. The number of nitrogens with zero attached hydrogens (tertiary/aromatic N) is 2. The molecule has 1 amide bonds. The van der Waals surface area contributed by atoms with Crippen LogP contribution in [0, 0.1) is 0 Å². The molecular formula is C17H21N3O. The third-order valence-electron chi connectivity index (χ3n) is 4.17. The lowest BCUT2D eigenvalue weighted by atomic mass is 10.1. The largest absolute Gasteiger partial charge is 0.348 e. The molecule has 0 radical (unpaired) electrons. The van der Waals surface area contributed by atoms with E-state index in [0.717, 1.165) is 36.2 Å². The molecule has 3 rings (SSSR count). The highest BCUT2D eigenvalue weighted by Gasteiger charge is 2.20. The van der Waals surface area contributed by atoms with Gasteiger partial charge in [0.2, 0.25) is 0 Å². The maximum atomic E-state index is 12.5. The van der Waals surface area contributed by atoms with Gasteiger partial charge in [0.15, 0.2) is 0 Å². The third-order valence-corrected chi connectivity index (χ3v) is 4.17. The summed E-state index contributed by atoms with van der Waals surface area (Å²) in [6, 6.07) is 6.26. The third kappa shape index (κ3) is 2.99. The zero-order chi connectivity index (χ0) is 14.7. The SMILES string of the molecule is CCn1cc(-c2ccncc2)cc1C(=O)NC1CCCC1. The van der Waals surface area contributed by atoms with Gasteiger partial charge in [-0.15, -0.1) is 0 Å². The zero-order valence-corrected chi connectivity index (χ0v) is 12.4. The number of aryl methyl sites for hydroxylation is 1. The predicted molar refractivity (Wildman–Crippen MR) is 83.1 cm³/mol. The van der Waals surface area contributed by atoms with Crippen molar-refractivity contribution in [2.45, 2.75) is 45.2 Å². The molecule has 2 aromatic heterocycles. The standard InChI is InChI=1S/C17H21N3O/c1-2-20-12-14(13-7-9-18-10-8-13)11-16(20)17(21)19-15-5-3-4-6-15/h7-12,15H,2-6H2,1H3,(H,19,21). The first-order chi connectivity index (χ1) is 10.3. The normalized spacial score (nSPS) is 15.3. The Hall–Kier alpha value is -2.10. The van der Waals surface area contributed by atoms with E-state index in [4.69, 9.17) is 0 Å². The van der Waals surface area contributed by atoms with Crippen LogP contribution in [-0.4, -0.2) is 21.5 Å². The zero-order valence-electron chi connectivity index (χ0n) is 12.4. The minimum absolute atomic E-state index is 0.0454. The summed E-state index contributed by atoms with van der Waals surface area (Å²) in [6.45, 7) is 2.85. The first-order valence-corrected chi connectivity index (χ1v) is 7.69. The first kappa shape index (κ1) is 13.9. The van der Waals surface area contributed by atoms with Crippen molar-refractivity contribution >= 4 is 5.91 Å². The Morgan fingerprint density at radius 2 is 2.00 bits per heavy atom. The highest BCUT2D eigenvalue weighted by molar-refractivity contribution is 5.94. The van der Waals surface area contributed by atoms with E-state index >= 15 is 0 Å². The van der Waals surface area contributed by atoms with Crippen molar-refractivity contribution in [2.24, 2.45) is 0 Å². The molecule has 110 valence electrons. The second kappa shape index (κ2) is 6.12. The predicted octanol–water partition coefficient (Wildman–Crippen LogP) is 3.24. The number of aromatic nitrogens is 2. The molecule has 4 heteroatoms. The minimum atomic E-state index is 0.0454. The number of pyridine rings is 1. The lowest BCUT2D eigenvalue weighted by molar-refractivity contribution is 0.0928. The minimum Gasteiger partial charge on any atom is -0.348 e. The fourth-order valence-electron chi connectivity index (χ4n) is 2.99. The van der Waals surface area contributed by atoms with Crippen LogP contribution >= 0.6 is 0 Å². The number of amides is 1. The summed E-state index contributed by atoms with van der Waals surface area (Å²) in [5.41, 5.74) is 2.90. The average Bonchev–Trinajstić information content (AvgIpc) is 3.17. The van der Waals surface area contributed by atoms with Gasteiger partial charge in [-0.05, 0) is 43.5 Å². The van der Waals surface area contributed by atoms with Crippen LogP contribution in [0.4, 0.5) is 0 Å². The first-order valence-electron chi connectivity index (χ1n) is 7.69. The lowest BCUT2D eigenvalue weighted by Crippen LogP contribution is -2.33. The summed E-state index contributed by atoms with van der Waals surface area (Å²) in [5, 5.41) is 3.16. The summed E-state index contributed by atoms with van der Waals surface area (Å²) in [5.74, 6) is 0.0454. The number of carbonyl (C=O) groups excluding carboxylic acids is 1. The van der Waals surface area contributed by atoms with Crippen LogP contribution in [0.15, 0.2) is 36.8 Å². The van der Waals surface area contributed by atoms with Crippen molar-refractivity contribution in [3.63, 3.8) is 0 Å². The molecule has 0 bridgehead atoms. The molecule has 0 spiro atoms. The van der Waals surface area contributed by atoms with Gasteiger partial charge in [0.25, 0.3) is 5.91 Å². The van der Waals surface area contributed by atoms with Crippen LogP contribution in [0.2, 0.25) is 0 Å². The van der Waals surface area contributed by atoms with Gasteiger partial charge in [0.05, 0.1) is 0 Å². The van der Waals surface area contributed by atoms with E-state index in [-0.39, 0.29) is 5.91 Å². The summed E-state index contributed by atoms with van der Waals surface area (Å²) in [6.07, 6.45) is 10.3. The number of nitrogens with one attached hydrogen (secondary N) is 1. The highest BCUT2D eigenvalue weighted by atomic mass is 16.2. The van der Waals surface area contributed by atoms with E-state index in [0.29, 0.717) is 6.04 Å². The highest BCUT2D eigenvalue weighted by Crippen LogP contribution is 2.23. The monoisotopic (exact) mass is 283 g/mol. The summed E-state index contributed by atoms with van der Waals surface area (Å²) >= 11 is 0. The Labute approximate surface area is 125 Å². The Morgan fingerprint density at radius 1 is 1.29 bits per heavy atom. The van der Waals surface area contributed by atoms with Crippen molar-refractivity contribution in [2.75, 3.05) is 0 Å². The molecule has 1 saturated carbocycles. The van der Waals surface area contributed by atoms with Crippen molar-refractivity contribution < 1.29 is 4.79 Å². The van der Waals surface area contributed by atoms with Gasteiger partial charge in [-0.2, -0.15) is 0 Å². The van der Waals surface area contributed by atoms with Crippen molar-refractivity contribution in [3.8, 4) is 11.1 Å². The van der Waals surface area contributed by atoms with Crippen molar-refractivity contribution in [1.29, 1.82) is 0 Å². The Bertz CT molecular complexity index is 612. The van der Waals surface area contributed by atoms with E-state index in [1.807, 2.05) is 29.0 Å². The van der Waals surface area contributed by atoms with Gasteiger partial charge in [-0.3, -0.25) is 9.78 Å². The molecular weight excluding hydrogens is 262 g/mol. The van der Waals surface area contributed by atoms with E-state index in [1.54, 1.807) is 12.4 Å².